The topological polar surface area (TPSA) is 76.4 Å². The van der Waals surface area contributed by atoms with Gasteiger partial charge in [-0.25, -0.2) is 8.42 Å². The van der Waals surface area contributed by atoms with Crippen LogP contribution in [0, 0.1) is 6.92 Å². The van der Waals surface area contributed by atoms with Crippen LogP contribution in [0.25, 0.3) is 0 Å². The molecule has 0 saturated heterocycles. The molecule has 1 heterocycles. The standard InChI is InChI=1S/C13H12ClNO4S/c1-9-4-5-11(20(14,17)18)7-12(9)13(16)15-8-10-3-2-6-19-10/h2-7H,8H2,1H3,(H,15,16). The zero-order chi connectivity index (χ0) is 14.8. The molecule has 0 atom stereocenters. The van der Waals surface area contributed by atoms with Crippen LogP contribution >= 0.6 is 10.7 Å². The maximum atomic E-state index is 12.0. The molecule has 1 aromatic heterocycles. The Balaban J connectivity index is 2.21. The van der Waals surface area contributed by atoms with Crippen molar-refractivity contribution in [2.75, 3.05) is 0 Å². The van der Waals surface area contributed by atoms with E-state index in [9.17, 15) is 13.2 Å². The van der Waals surface area contributed by atoms with Crippen LogP contribution in [0.1, 0.15) is 21.7 Å². The Morgan fingerprint density at radius 3 is 2.70 bits per heavy atom. The van der Waals surface area contributed by atoms with Crippen molar-refractivity contribution in [2.24, 2.45) is 0 Å². The van der Waals surface area contributed by atoms with Crippen molar-refractivity contribution in [1.82, 2.24) is 5.32 Å². The van der Waals surface area contributed by atoms with E-state index in [2.05, 4.69) is 5.32 Å². The molecule has 1 aromatic carbocycles. The molecule has 2 aromatic rings. The molecule has 0 spiro atoms. The van der Waals surface area contributed by atoms with Gasteiger partial charge in [0, 0.05) is 16.2 Å². The Hall–Kier alpha value is -1.79. The highest BCUT2D eigenvalue weighted by Gasteiger charge is 2.15. The molecule has 2 rings (SSSR count). The average Bonchev–Trinajstić information content (AvgIpc) is 2.88. The summed E-state index contributed by atoms with van der Waals surface area (Å²) in [5, 5.41) is 2.65. The molecule has 0 saturated carbocycles. The van der Waals surface area contributed by atoms with E-state index in [-0.39, 0.29) is 22.9 Å². The maximum Gasteiger partial charge on any atom is 0.261 e. The SMILES string of the molecule is Cc1ccc(S(=O)(=O)Cl)cc1C(=O)NCc1ccco1. The number of halogens is 1. The lowest BCUT2D eigenvalue weighted by molar-refractivity contribution is 0.0947. The number of hydrogen-bond acceptors (Lipinski definition) is 4. The molecule has 0 bridgehead atoms. The lowest BCUT2D eigenvalue weighted by Crippen LogP contribution is -2.23. The molecule has 20 heavy (non-hydrogen) atoms. The van der Waals surface area contributed by atoms with E-state index in [0.29, 0.717) is 11.3 Å². The van der Waals surface area contributed by atoms with Gasteiger partial charge in [-0.15, -0.1) is 0 Å². The lowest BCUT2D eigenvalue weighted by atomic mass is 10.1. The number of rotatable bonds is 4. The van der Waals surface area contributed by atoms with Gasteiger partial charge in [0.25, 0.3) is 15.0 Å². The third-order valence-corrected chi connectivity index (χ3v) is 4.09. The Labute approximate surface area is 121 Å². The van der Waals surface area contributed by atoms with Gasteiger partial charge >= 0.3 is 0 Å². The number of benzene rings is 1. The molecule has 1 N–H and O–H groups in total. The maximum absolute atomic E-state index is 12.0. The van der Waals surface area contributed by atoms with Crippen molar-refractivity contribution in [2.45, 2.75) is 18.4 Å². The van der Waals surface area contributed by atoms with Crippen molar-refractivity contribution in [3.63, 3.8) is 0 Å². The average molecular weight is 314 g/mol. The highest BCUT2D eigenvalue weighted by Crippen LogP contribution is 2.19. The molecule has 1 amide bonds. The highest BCUT2D eigenvalue weighted by molar-refractivity contribution is 8.13. The Morgan fingerprint density at radius 1 is 1.35 bits per heavy atom. The van der Waals surface area contributed by atoms with E-state index in [4.69, 9.17) is 15.1 Å². The van der Waals surface area contributed by atoms with Crippen molar-refractivity contribution in [3.05, 3.63) is 53.5 Å². The first kappa shape index (κ1) is 14.6. The number of amides is 1. The van der Waals surface area contributed by atoms with Gasteiger partial charge in [-0.05, 0) is 36.8 Å². The first-order chi connectivity index (χ1) is 9.38. The second-order valence-corrected chi connectivity index (χ2v) is 6.74. The summed E-state index contributed by atoms with van der Waals surface area (Å²) in [6, 6.07) is 7.60. The molecular weight excluding hydrogens is 302 g/mol. The van der Waals surface area contributed by atoms with Gasteiger partial charge in [-0.2, -0.15) is 0 Å². The minimum atomic E-state index is -3.86. The third kappa shape index (κ3) is 3.40. The molecule has 5 nitrogen and oxygen atoms in total. The number of furan rings is 1. The lowest BCUT2D eigenvalue weighted by Gasteiger charge is -2.08. The first-order valence-electron chi connectivity index (χ1n) is 5.74. The summed E-state index contributed by atoms with van der Waals surface area (Å²) in [6.45, 7) is 1.94. The Kier molecular flexibility index (Phi) is 4.15. The van der Waals surface area contributed by atoms with Crippen LogP contribution in [-0.4, -0.2) is 14.3 Å². The molecule has 0 unspecified atom stereocenters. The van der Waals surface area contributed by atoms with Crippen molar-refractivity contribution in [3.8, 4) is 0 Å². The number of carbonyl (C=O) groups is 1. The predicted octanol–water partition coefficient (Wildman–Crippen LogP) is 2.45. The minimum Gasteiger partial charge on any atom is -0.467 e. The van der Waals surface area contributed by atoms with Crippen LogP contribution in [0.3, 0.4) is 0 Å². The summed E-state index contributed by atoms with van der Waals surface area (Å²) < 4.78 is 27.7. The Morgan fingerprint density at radius 2 is 2.10 bits per heavy atom. The smallest absolute Gasteiger partial charge is 0.261 e. The summed E-state index contributed by atoms with van der Waals surface area (Å²) in [5.41, 5.74) is 0.921. The van der Waals surface area contributed by atoms with Gasteiger partial charge in [-0.3, -0.25) is 4.79 Å². The zero-order valence-corrected chi connectivity index (χ0v) is 12.2. The van der Waals surface area contributed by atoms with Crippen LogP contribution in [0.2, 0.25) is 0 Å². The van der Waals surface area contributed by atoms with Crippen molar-refractivity contribution >= 4 is 25.6 Å². The van der Waals surface area contributed by atoms with Crippen LogP contribution in [-0.2, 0) is 15.6 Å². The number of carbonyl (C=O) groups excluding carboxylic acids is 1. The van der Waals surface area contributed by atoms with Crippen molar-refractivity contribution < 1.29 is 17.6 Å². The van der Waals surface area contributed by atoms with Crippen LogP contribution in [0.4, 0.5) is 0 Å². The fourth-order valence-corrected chi connectivity index (χ4v) is 2.45. The first-order valence-corrected chi connectivity index (χ1v) is 8.05. The molecular formula is C13H12ClNO4S. The molecule has 0 radical (unpaired) electrons. The van der Waals surface area contributed by atoms with Crippen molar-refractivity contribution in [1.29, 1.82) is 0 Å². The minimum absolute atomic E-state index is 0.104. The summed E-state index contributed by atoms with van der Waals surface area (Å²) in [5.74, 6) is 0.221. The normalized spacial score (nSPS) is 11.3. The van der Waals surface area contributed by atoms with E-state index in [1.54, 1.807) is 19.1 Å². The summed E-state index contributed by atoms with van der Waals surface area (Å²) in [4.78, 5) is 11.9. The van der Waals surface area contributed by atoms with Gasteiger partial charge < -0.3 is 9.73 Å². The van der Waals surface area contributed by atoms with E-state index in [0.717, 1.165) is 0 Å². The summed E-state index contributed by atoms with van der Waals surface area (Å²) >= 11 is 0. The quantitative estimate of drug-likeness (QED) is 0.880. The third-order valence-electron chi connectivity index (χ3n) is 2.74. The van der Waals surface area contributed by atoms with Gasteiger partial charge in [-0.1, -0.05) is 6.07 Å². The van der Waals surface area contributed by atoms with Gasteiger partial charge in [0.1, 0.15) is 5.76 Å². The molecule has 0 aliphatic carbocycles. The van der Waals surface area contributed by atoms with Gasteiger partial charge in [0.2, 0.25) is 0 Å². The van der Waals surface area contributed by atoms with Crippen LogP contribution in [0.5, 0.6) is 0 Å². The monoisotopic (exact) mass is 313 g/mol. The van der Waals surface area contributed by atoms with E-state index < -0.39 is 9.05 Å². The second kappa shape index (κ2) is 5.68. The highest BCUT2D eigenvalue weighted by atomic mass is 35.7. The zero-order valence-electron chi connectivity index (χ0n) is 10.6. The number of aryl methyl sites for hydroxylation is 1. The number of nitrogens with one attached hydrogen (secondary N) is 1. The fourth-order valence-electron chi connectivity index (χ4n) is 1.67. The Bertz CT molecular complexity index is 723. The van der Waals surface area contributed by atoms with E-state index in [1.807, 2.05) is 0 Å². The second-order valence-electron chi connectivity index (χ2n) is 4.18. The number of hydrogen-bond donors (Lipinski definition) is 1. The van der Waals surface area contributed by atoms with E-state index >= 15 is 0 Å². The molecule has 106 valence electrons. The van der Waals surface area contributed by atoms with Crippen LogP contribution in [0.15, 0.2) is 45.9 Å². The molecule has 7 heteroatoms. The predicted molar refractivity (Wildman–Crippen MR) is 74.1 cm³/mol. The molecule has 0 aliphatic heterocycles. The largest absolute Gasteiger partial charge is 0.467 e. The summed E-state index contributed by atoms with van der Waals surface area (Å²) in [6.07, 6.45) is 1.51. The molecule has 0 aliphatic rings. The molecule has 0 fully saturated rings. The van der Waals surface area contributed by atoms with Gasteiger partial charge in [0.15, 0.2) is 0 Å². The van der Waals surface area contributed by atoms with Crippen LogP contribution < -0.4 is 5.32 Å². The summed E-state index contributed by atoms with van der Waals surface area (Å²) in [7, 11) is 1.41. The van der Waals surface area contributed by atoms with E-state index in [1.165, 1.54) is 24.5 Å². The fraction of sp³-hybridized carbons (Fsp3) is 0.154. The van der Waals surface area contributed by atoms with Gasteiger partial charge in [0.05, 0.1) is 17.7 Å².